The monoisotopic (exact) mass is 439 g/mol. The Labute approximate surface area is 162 Å². The van der Waals surface area contributed by atoms with Crippen LogP contribution in [-0.2, 0) is 17.1 Å². The molecule has 1 aliphatic rings. The fourth-order valence-electron chi connectivity index (χ4n) is 2.54. The molecule has 1 aromatic carbocycles. The highest BCUT2D eigenvalue weighted by atomic mass is 35.5. The molecular weight excluding hydrogens is 426 g/mol. The summed E-state index contributed by atoms with van der Waals surface area (Å²) in [5.41, 5.74) is -2.39. The number of sulfonamides is 1. The number of hydrogen-bond donors (Lipinski definition) is 2. The summed E-state index contributed by atoms with van der Waals surface area (Å²) in [4.78, 5) is 12.0. The number of halogens is 5. The summed E-state index contributed by atoms with van der Waals surface area (Å²) in [5.74, 6) is -3.10. The Kier molecular flexibility index (Phi) is 5.19. The van der Waals surface area contributed by atoms with Gasteiger partial charge in [-0.1, -0.05) is 11.6 Å². The van der Waals surface area contributed by atoms with Crippen LogP contribution in [0.4, 0.5) is 23.2 Å². The van der Waals surface area contributed by atoms with Gasteiger partial charge in [0.25, 0.3) is 12.3 Å². The van der Waals surface area contributed by atoms with E-state index in [2.05, 4.69) is 5.32 Å². The quantitative estimate of drug-likeness (QED) is 0.535. The maximum Gasteiger partial charge on any atom is 0.272 e. The van der Waals surface area contributed by atoms with Crippen molar-refractivity contribution >= 4 is 33.2 Å². The third-order valence-corrected chi connectivity index (χ3v) is 6.22. The van der Waals surface area contributed by atoms with Crippen LogP contribution in [0.1, 0.15) is 23.3 Å². The lowest BCUT2D eigenvalue weighted by Gasteiger charge is -2.15. The molecule has 2 aromatic rings. The van der Waals surface area contributed by atoms with Gasteiger partial charge in [0.2, 0.25) is 10.0 Å². The number of amides is 1. The summed E-state index contributed by atoms with van der Waals surface area (Å²) in [6.45, 7) is 0. The number of hydrogen-bond acceptors (Lipinski definition) is 3. The van der Waals surface area contributed by atoms with Gasteiger partial charge < -0.3 is 9.88 Å². The number of carbonyl (C=O) groups excluding carboxylic acids is 1. The predicted molar refractivity (Wildman–Crippen MR) is 93.0 cm³/mol. The highest BCUT2D eigenvalue weighted by Crippen LogP contribution is 2.42. The van der Waals surface area contributed by atoms with E-state index in [1.807, 2.05) is 4.72 Å². The van der Waals surface area contributed by atoms with Crippen molar-refractivity contribution in [2.24, 2.45) is 7.05 Å². The number of anilines is 1. The largest absolute Gasteiger partial charge is 0.345 e. The van der Waals surface area contributed by atoms with Crippen molar-refractivity contribution in [2.45, 2.75) is 29.7 Å². The zero-order valence-electron chi connectivity index (χ0n) is 14.3. The topological polar surface area (TPSA) is 80.2 Å². The van der Waals surface area contributed by atoms with Gasteiger partial charge in [0.1, 0.15) is 21.4 Å². The summed E-state index contributed by atoms with van der Waals surface area (Å²) in [5, 5.41) is 1.35. The molecular formula is C16H14ClF4N3O3S. The molecule has 1 fully saturated rings. The van der Waals surface area contributed by atoms with Gasteiger partial charge >= 0.3 is 0 Å². The second-order valence-electron chi connectivity index (χ2n) is 6.41. The van der Waals surface area contributed by atoms with E-state index in [-0.39, 0.29) is 18.5 Å². The van der Waals surface area contributed by atoms with Crippen LogP contribution in [0.3, 0.4) is 0 Å². The zero-order chi connectivity index (χ0) is 20.9. The van der Waals surface area contributed by atoms with Gasteiger partial charge in [-0.2, -0.15) is 4.72 Å². The Hall–Kier alpha value is -2.11. The molecule has 28 heavy (non-hydrogen) atoms. The first-order valence-corrected chi connectivity index (χ1v) is 9.76. The van der Waals surface area contributed by atoms with Crippen LogP contribution in [-0.4, -0.2) is 30.9 Å². The average Bonchev–Trinajstić information content (AvgIpc) is 3.27. The molecule has 1 amide bonds. The first-order chi connectivity index (χ1) is 13.0. The summed E-state index contributed by atoms with van der Waals surface area (Å²) in [6, 6.07) is 2.77. The summed E-state index contributed by atoms with van der Waals surface area (Å²) >= 11 is 5.45. The van der Waals surface area contributed by atoms with Crippen LogP contribution < -0.4 is 10.0 Å². The maximum absolute atomic E-state index is 13.9. The molecule has 12 heteroatoms. The third kappa shape index (κ3) is 3.74. The van der Waals surface area contributed by atoms with Crippen LogP contribution in [0.25, 0.3) is 0 Å². The minimum absolute atomic E-state index is 0.00861. The number of carbonyl (C=O) groups is 1. The predicted octanol–water partition coefficient (Wildman–Crippen LogP) is 3.29. The lowest BCUT2D eigenvalue weighted by molar-refractivity contribution is 0.0969. The van der Waals surface area contributed by atoms with Crippen molar-refractivity contribution in [3.8, 4) is 0 Å². The van der Waals surface area contributed by atoms with E-state index in [1.54, 1.807) is 0 Å². The SMILES string of the molecule is Cn1cc(S(=O)(=O)NC2(C(F)F)CC2)cc1C(=O)Nc1ccc(F)c(Cl)c1F. The number of aryl methyl sites for hydroxylation is 1. The second-order valence-corrected chi connectivity index (χ2v) is 8.47. The molecule has 0 bridgehead atoms. The Bertz CT molecular complexity index is 1050. The van der Waals surface area contributed by atoms with E-state index >= 15 is 0 Å². The normalized spacial score (nSPS) is 15.7. The van der Waals surface area contributed by atoms with Crippen molar-refractivity contribution in [3.05, 3.63) is 46.7 Å². The van der Waals surface area contributed by atoms with Crippen molar-refractivity contribution < 1.29 is 30.8 Å². The fraction of sp³-hybridized carbons (Fsp3) is 0.312. The van der Waals surface area contributed by atoms with Gasteiger partial charge in [0, 0.05) is 13.2 Å². The molecule has 2 N–H and O–H groups in total. The van der Waals surface area contributed by atoms with Crippen LogP contribution >= 0.6 is 11.6 Å². The van der Waals surface area contributed by atoms with E-state index < -0.39 is 55.1 Å². The van der Waals surface area contributed by atoms with Gasteiger partial charge in [-0.3, -0.25) is 4.79 Å². The van der Waals surface area contributed by atoms with E-state index in [4.69, 9.17) is 11.6 Å². The van der Waals surface area contributed by atoms with Gasteiger partial charge in [-0.05, 0) is 31.0 Å². The highest BCUT2D eigenvalue weighted by molar-refractivity contribution is 7.89. The molecule has 1 saturated carbocycles. The van der Waals surface area contributed by atoms with E-state index in [0.717, 1.165) is 29.0 Å². The van der Waals surface area contributed by atoms with Crippen LogP contribution in [0, 0.1) is 11.6 Å². The molecule has 0 aliphatic heterocycles. The van der Waals surface area contributed by atoms with E-state index in [1.165, 1.54) is 7.05 Å². The lowest BCUT2D eigenvalue weighted by atomic mass is 10.2. The van der Waals surface area contributed by atoms with Crippen molar-refractivity contribution in [3.63, 3.8) is 0 Å². The lowest BCUT2D eigenvalue weighted by Crippen LogP contribution is -2.42. The Morgan fingerprint density at radius 3 is 2.50 bits per heavy atom. The Balaban J connectivity index is 1.84. The number of benzene rings is 1. The van der Waals surface area contributed by atoms with Crippen LogP contribution in [0.15, 0.2) is 29.3 Å². The minimum Gasteiger partial charge on any atom is -0.345 e. The molecule has 0 unspecified atom stereocenters. The summed E-state index contributed by atoms with van der Waals surface area (Å²) in [6.07, 6.45) is -1.78. The maximum atomic E-state index is 13.9. The first-order valence-electron chi connectivity index (χ1n) is 7.90. The van der Waals surface area contributed by atoms with Gasteiger partial charge in [-0.15, -0.1) is 0 Å². The average molecular weight is 440 g/mol. The fourth-order valence-corrected chi connectivity index (χ4v) is 4.22. The zero-order valence-corrected chi connectivity index (χ0v) is 15.8. The first kappa shape index (κ1) is 20.6. The summed E-state index contributed by atoms with van der Waals surface area (Å²) < 4.78 is 81.0. The molecule has 152 valence electrons. The molecule has 1 aromatic heterocycles. The van der Waals surface area contributed by atoms with Crippen molar-refractivity contribution in [1.29, 1.82) is 0 Å². The molecule has 1 aliphatic carbocycles. The van der Waals surface area contributed by atoms with Crippen molar-refractivity contribution in [2.75, 3.05) is 5.32 Å². The van der Waals surface area contributed by atoms with Crippen LogP contribution in [0.2, 0.25) is 5.02 Å². The Morgan fingerprint density at radius 1 is 1.29 bits per heavy atom. The number of aromatic nitrogens is 1. The Morgan fingerprint density at radius 2 is 1.93 bits per heavy atom. The smallest absolute Gasteiger partial charge is 0.272 e. The number of rotatable bonds is 6. The van der Waals surface area contributed by atoms with E-state index in [0.29, 0.717) is 0 Å². The molecule has 0 radical (unpaired) electrons. The molecule has 6 nitrogen and oxygen atoms in total. The number of nitrogens with zero attached hydrogens (tertiary/aromatic N) is 1. The van der Waals surface area contributed by atoms with E-state index in [9.17, 15) is 30.8 Å². The molecule has 3 rings (SSSR count). The molecule has 0 saturated heterocycles. The van der Waals surface area contributed by atoms with Crippen LogP contribution in [0.5, 0.6) is 0 Å². The van der Waals surface area contributed by atoms with Gasteiger partial charge in [0.15, 0.2) is 5.82 Å². The van der Waals surface area contributed by atoms with Gasteiger partial charge in [-0.25, -0.2) is 26.0 Å². The minimum atomic E-state index is -4.30. The van der Waals surface area contributed by atoms with Crippen molar-refractivity contribution in [1.82, 2.24) is 9.29 Å². The molecule has 0 atom stereocenters. The third-order valence-electron chi connectivity index (χ3n) is 4.35. The number of nitrogens with one attached hydrogen (secondary N) is 2. The molecule has 0 spiro atoms. The second kappa shape index (κ2) is 7.05. The standard InChI is InChI=1S/C16H14ClF4N3O3S/c1-24-7-8(28(26,27)23-16(4-5-16)15(20)21)6-11(24)14(25)22-10-3-2-9(18)12(17)13(10)19/h2-3,6-7,15,23H,4-5H2,1H3,(H,22,25). The number of alkyl halides is 2. The summed E-state index contributed by atoms with van der Waals surface area (Å²) in [7, 11) is -2.96. The molecule has 1 heterocycles. The highest BCUT2D eigenvalue weighted by Gasteiger charge is 2.54. The van der Waals surface area contributed by atoms with Gasteiger partial charge in [0.05, 0.1) is 11.2 Å².